The molecule has 0 saturated carbocycles. The molecule has 0 atom stereocenters. The van der Waals surface area contributed by atoms with Gasteiger partial charge in [-0.25, -0.2) is 0 Å². The number of anilines is 1. The van der Waals surface area contributed by atoms with Gasteiger partial charge in [0, 0.05) is 18.0 Å². The van der Waals surface area contributed by atoms with Gasteiger partial charge in [-0.1, -0.05) is 78.0 Å². The quantitative estimate of drug-likeness (QED) is 0.379. The van der Waals surface area contributed by atoms with Crippen LogP contribution in [0.25, 0.3) is 22.8 Å². The number of amides is 1. The lowest BCUT2D eigenvalue weighted by atomic mass is 9.90. The maximum absolute atomic E-state index is 13.5. The van der Waals surface area contributed by atoms with Crippen LogP contribution in [0.4, 0.5) is 5.69 Å². The molecule has 2 heterocycles. The zero-order valence-electron chi connectivity index (χ0n) is 17.6. The predicted molar refractivity (Wildman–Crippen MR) is 126 cm³/mol. The average Bonchev–Trinajstić information content (AvgIpc) is 3.37. The molecule has 0 aliphatic rings. The highest BCUT2D eigenvalue weighted by molar-refractivity contribution is 6.00. The maximum Gasteiger partial charge on any atom is 0.260 e. The van der Waals surface area contributed by atoms with Crippen LogP contribution < -0.4 is 5.32 Å². The average molecular weight is 432 g/mol. The Morgan fingerprint density at radius 3 is 2.12 bits per heavy atom. The van der Waals surface area contributed by atoms with Gasteiger partial charge in [-0.05, 0) is 35.4 Å². The van der Waals surface area contributed by atoms with E-state index in [-0.39, 0.29) is 5.91 Å². The number of carbonyl (C=O) groups excluding carboxylic acids is 1. The summed E-state index contributed by atoms with van der Waals surface area (Å²) in [5.74, 6) is 0.146. The fourth-order valence-corrected chi connectivity index (χ4v) is 3.71. The van der Waals surface area contributed by atoms with E-state index in [9.17, 15) is 4.79 Å². The first-order chi connectivity index (χ1) is 16.3. The van der Waals surface area contributed by atoms with E-state index in [1.165, 1.54) is 0 Å². The van der Waals surface area contributed by atoms with E-state index >= 15 is 0 Å². The second-order valence-electron chi connectivity index (χ2n) is 7.45. The number of nitrogens with one attached hydrogen (secondary N) is 1. The van der Waals surface area contributed by atoms with Gasteiger partial charge in [0.1, 0.15) is 0 Å². The molecule has 1 amide bonds. The SMILES string of the molecule is O=C(Nc1ccccc1-c1nc(-c2cccnc2)no1)C(c1ccccc1)c1ccccc1. The normalized spacial score (nSPS) is 10.8. The van der Waals surface area contributed by atoms with E-state index < -0.39 is 5.92 Å². The zero-order valence-corrected chi connectivity index (χ0v) is 17.6. The summed E-state index contributed by atoms with van der Waals surface area (Å²) in [4.78, 5) is 22.1. The molecule has 0 unspecified atom stereocenters. The number of hydrogen-bond acceptors (Lipinski definition) is 5. The second kappa shape index (κ2) is 9.28. The van der Waals surface area contributed by atoms with Crippen LogP contribution in [-0.2, 0) is 4.79 Å². The van der Waals surface area contributed by atoms with Crippen molar-refractivity contribution in [2.75, 3.05) is 5.32 Å². The molecule has 160 valence electrons. The Labute approximate surface area is 191 Å². The minimum atomic E-state index is -0.464. The topological polar surface area (TPSA) is 80.9 Å². The number of rotatable bonds is 6. The summed E-state index contributed by atoms with van der Waals surface area (Å²) in [6.07, 6.45) is 3.36. The van der Waals surface area contributed by atoms with Crippen LogP contribution in [0.5, 0.6) is 0 Å². The van der Waals surface area contributed by atoms with E-state index in [0.717, 1.165) is 16.7 Å². The number of aromatic nitrogens is 3. The molecule has 6 heteroatoms. The fourth-order valence-electron chi connectivity index (χ4n) is 3.71. The van der Waals surface area contributed by atoms with Crippen molar-refractivity contribution in [3.05, 3.63) is 121 Å². The lowest BCUT2D eigenvalue weighted by Gasteiger charge is -2.18. The molecule has 5 aromatic rings. The minimum absolute atomic E-state index is 0.146. The summed E-state index contributed by atoms with van der Waals surface area (Å²) in [6, 6.07) is 30.5. The van der Waals surface area contributed by atoms with Gasteiger partial charge in [0.15, 0.2) is 0 Å². The van der Waals surface area contributed by atoms with Gasteiger partial charge in [0.25, 0.3) is 5.89 Å². The molecule has 0 aliphatic carbocycles. The number of pyridine rings is 1. The largest absolute Gasteiger partial charge is 0.334 e. The van der Waals surface area contributed by atoms with E-state index in [1.807, 2.05) is 97.1 Å². The van der Waals surface area contributed by atoms with Crippen LogP contribution >= 0.6 is 0 Å². The monoisotopic (exact) mass is 432 g/mol. The van der Waals surface area contributed by atoms with E-state index in [4.69, 9.17) is 4.52 Å². The third-order valence-electron chi connectivity index (χ3n) is 5.29. The summed E-state index contributed by atoms with van der Waals surface area (Å²) < 4.78 is 5.52. The molecule has 0 spiro atoms. The fraction of sp³-hybridized carbons (Fsp3) is 0.0370. The molecule has 33 heavy (non-hydrogen) atoms. The van der Waals surface area contributed by atoms with Crippen molar-refractivity contribution >= 4 is 11.6 Å². The Bertz CT molecular complexity index is 1310. The highest BCUT2D eigenvalue weighted by atomic mass is 16.5. The van der Waals surface area contributed by atoms with Crippen molar-refractivity contribution in [2.24, 2.45) is 0 Å². The summed E-state index contributed by atoms with van der Waals surface area (Å²) in [7, 11) is 0. The molecular formula is C27H20N4O2. The van der Waals surface area contributed by atoms with Gasteiger partial charge in [-0.3, -0.25) is 9.78 Å². The molecule has 2 aromatic heterocycles. The number of carbonyl (C=O) groups is 1. The number of para-hydroxylation sites is 1. The molecule has 6 nitrogen and oxygen atoms in total. The maximum atomic E-state index is 13.5. The van der Waals surface area contributed by atoms with E-state index in [1.54, 1.807) is 12.4 Å². The Balaban J connectivity index is 1.47. The molecule has 0 saturated heterocycles. The zero-order chi connectivity index (χ0) is 22.5. The number of benzene rings is 3. The highest BCUT2D eigenvalue weighted by Crippen LogP contribution is 2.31. The van der Waals surface area contributed by atoms with Gasteiger partial charge in [0.2, 0.25) is 11.7 Å². The van der Waals surface area contributed by atoms with Crippen molar-refractivity contribution < 1.29 is 9.32 Å². The Hall–Kier alpha value is -4.58. The van der Waals surface area contributed by atoms with E-state index in [2.05, 4.69) is 20.4 Å². The molecule has 0 fully saturated rings. The third-order valence-corrected chi connectivity index (χ3v) is 5.29. The Morgan fingerprint density at radius 1 is 0.788 bits per heavy atom. The van der Waals surface area contributed by atoms with Crippen LogP contribution in [0.1, 0.15) is 17.0 Å². The van der Waals surface area contributed by atoms with Crippen molar-refractivity contribution in [3.63, 3.8) is 0 Å². The first kappa shape index (κ1) is 20.3. The van der Waals surface area contributed by atoms with E-state index in [0.29, 0.717) is 23.0 Å². The molecule has 1 N–H and O–H groups in total. The Morgan fingerprint density at radius 2 is 1.45 bits per heavy atom. The van der Waals surface area contributed by atoms with Crippen molar-refractivity contribution in [3.8, 4) is 22.8 Å². The molecule has 0 radical (unpaired) electrons. The molecule has 5 rings (SSSR count). The lowest BCUT2D eigenvalue weighted by Crippen LogP contribution is -2.22. The van der Waals surface area contributed by atoms with Gasteiger partial charge in [-0.15, -0.1) is 0 Å². The van der Waals surface area contributed by atoms with Crippen LogP contribution in [0.3, 0.4) is 0 Å². The Kier molecular flexibility index (Phi) is 5.72. The van der Waals surface area contributed by atoms with Gasteiger partial charge in [0.05, 0.1) is 17.2 Å². The molecule has 3 aromatic carbocycles. The van der Waals surface area contributed by atoms with Crippen molar-refractivity contribution in [1.82, 2.24) is 15.1 Å². The predicted octanol–water partition coefficient (Wildman–Crippen LogP) is 5.57. The standard InChI is InChI=1S/C27H20N4O2/c32-26(24(19-10-3-1-4-11-19)20-12-5-2-6-13-20)29-23-16-8-7-15-22(23)27-30-25(31-33-27)21-14-9-17-28-18-21/h1-18,24H,(H,29,32). The van der Waals surface area contributed by atoms with Crippen molar-refractivity contribution in [2.45, 2.75) is 5.92 Å². The summed E-state index contributed by atoms with van der Waals surface area (Å²) in [6.45, 7) is 0. The lowest BCUT2D eigenvalue weighted by molar-refractivity contribution is -0.116. The van der Waals surface area contributed by atoms with Crippen LogP contribution in [0.15, 0.2) is 114 Å². The second-order valence-corrected chi connectivity index (χ2v) is 7.45. The summed E-state index contributed by atoms with van der Waals surface area (Å²) in [5, 5.41) is 7.15. The first-order valence-electron chi connectivity index (χ1n) is 10.5. The molecular weight excluding hydrogens is 412 g/mol. The smallest absolute Gasteiger partial charge is 0.260 e. The minimum Gasteiger partial charge on any atom is -0.334 e. The van der Waals surface area contributed by atoms with Gasteiger partial charge < -0.3 is 9.84 Å². The molecule has 0 aliphatic heterocycles. The van der Waals surface area contributed by atoms with Crippen LogP contribution in [-0.4, -0.2) is 21.0 Å². The third kappa shape index (κ3) is 4.41. The van der Waals surface area contributed by atoms with Crippen LogP contribution in [0.2, 0.25) is 0 Å². The summed E-state index contributed by atoms with van der Waals surface area (Å²) >= 11 is 0. The summed E-state index contributed by atoms with van der Waals surface area (Å²) in [5.41, 5.74) is 3.82. The van der Waals surface area contributed by atoms with Gasteiger partial charge in [-0.2, -0.15) is 4.98 Å². The number of hydrogen-bond donors (Lipinski definition) is 1. The highest BCUT2D eigenvalue weighted by Gasteiger charge is 2.24. The number of nitrogens with zero attached hydrogens (tertiary/aromatic N) is 3. The van der Waals surface area contributed by atoms with Crippen LogP contribution in [0, 0.1) is 0 Å². The first-order valence-corrected chi connectivity index (χ1v) is 10.5. The molecule has 0 bridgehead atoms. The van der Waals surface area contributed by atoms with Gasteiger partial charge >= 0.3 is 0 Å². The van der Waals surface area contributed by atoms with Crippen molar-refractivity contribution in [1.29, 1.82) is 0 Å².